The lowest BCUT2D eigenvalue weighted by atomic mass is 10.1. The van der Waals surface area contributed by atoms with Gasteiger partial charge in [0.05, 0.1) is 29.5 Å². The quantitative estimate of drug-likeness (QED) is 0.611. The number of sulfonamides is 1. The number of aromatic nitrogens is 2. The Kier molecular flexibility index (Phi) is 6.34. The van der Waals surface area contributed by atoms with E-state index in [2.05, 4.69) is 10.4 Å². The molecule has 0 unspecified atom stereocenters. The molecule has 3 aromatic rings. The number of morpholine rings is 1. The van der Waals surface area contributed by atoms with Gasteiger partial charge in [0, 0.05) is 29.7 Å². The van der Waals surface area contributed by atoms with Gasteiger partial charge in [-0.3, -0.25) is 4.79 Å². The van der Waals surface area contributed by atoms with Crippen molar-refractivity contribution in [1.82, 2.24) is 14.1 Å². The number of aryl methyl sites for hydroxylation is 2. The van der Waals surface area contributed by atoms with E-state index in [1.54, 1.807) is 41.9 Å². The molecule has 1 fully saturated rings. The van der Waals surface area contributed by atoms with Crippen LogP contribution in [-0.2, 0) is 14.8 Å². The number of nitrogens with zero attached hydrogens (tertiary/aromatic N) is 3. The largest absolute Gasteiger partial charge is 0.379 e. The molecule has 0 saturated carbocycles. The van der Waals surface area contributed by atoms with E-state index in [9.17, 15) is 13.2 Å². The van der Waals surface area contributed by atoms with Crippen LogP contribution in [0, 0.1) is 13.8 Å². The summed E-state index contributed by atoms with van der Waals surface area (Å²) in [7, 11) is -3.72. The fourth-order valence-electron chi connectivity index (χ4n) is 3.52. The van der Waals surface area contributed by atoms with Gasteiger partial charge in [-0.2, -0.15) is 9.40 Å². The van der Waals surface area contributed by atoms with Crippen molar-refractivity contribution in [3.05, 3.63) is 70.4 Å². The Morgan fingerprint density at radius 3 is 2.56 bits per heavy atom. The number of hydrogen-bond donors (Lipinski definition) is 1. The summed E-state index contributed by atoms with van der Waals surface area (Å²) in [5, 5.41) is 7.84. The lowest BCUT2D eigenvalue weighted by molar-refractivity contribution is 0.0730. The first-order valence-electron chi connectivity index (χ1n) is 10.1. The average molecular weight is 475 g/mol. The Morgan fingerprint density at radius 2 is 1.84 bits per heavy atom. The first kappa shape index (κ1) is 22.5. The molecule has 0 spiro atoms. The van der Waals surface area contributed by atoms with E-state index >= 15 is 0 Å². The van der Waals surface area contributed by atoms with Gasteiger partial charge in [0.15, 0.2) is 0 Å². The maximum absolute atomic E-state index is 13.1. The molecule has 0 radical (unpaired) electrons. The fraction of sp³-hybridized carbons (Fsp3) is 0.273. The third-order valence-corrected chi connectivity index (χ3v) is 7.32. The topological polar surface area (TPSA) is 93.5 Å². The fourth-order valence-corrected chi connectivity index (χ4v) is 5.14. The van der Waals surface area contributed by atoms with Crippen LogP contribution in [0.4, 0.5) is 5.82 Å². The molecule has 0 bridgehead atoms. The average Bonchev–Trinajstić information content (AvgIpc) is 3.14. The van der Waals surface area contributed by atoms with Crippen LogP contribution in [0.5, 0.6) is 0 Å². The van der Waals surface area contributed by atoms with Crippen molar-refractivity contribution in [2.75, 3.05) is 31.6 Å². The van der Waals surface area contributed by atoms with Gasteiger partial charge in [-0.25, -0.2) is 13.1 Å². The molecule has 8 nitrogen and oxygen atoms in total. The van der Waals surface area contributed by atoms with Crippen molar-refractivity contribution < 1.29 is 17.9 Å². The van der Waals surface area contributed by atoms with Crippen LogP contribution in [0.1, 0.15) is 21.6 Å². The van der Waals surface area contributed by atoms with E-state index in [1.807, 2.05) is 13.0 Å². The molecule has 1 saturated heterocycles. The predicted octanol–water partition coefficient (Wildman–Crippen LogP) is 3.42. The zero-order valence-electron chi connectivity index (χ0n) is 17.7. The Hall–Kier alpha value is -2.72. The monoisotopic (exact) mass is 474 g/mol. The molecule has 1 amide bonds. The van der Waals surface area contributed by atoms with Crippen molar-refractivity contribution in [2.24, 2.45) is 0 Å². The molecule has 0 aliphatic carbocycles. The van der Waals surface area contributed by atoms with E-state index in [0.717, 1.165) is 0 Å². The number of amides is 1. The molecule has 0 atom stereocenters. The SMILES string of the molecule is Cc1cc(NC(=O)c2cc(S(=O)(=O)N3CCOCC3)ccc2C)n(-c2cccc(Cl)c2)n1. The highest BCUT2D eigenvalue weighted by atomic mass is 35.5. The summed E-state index contributed by atoms with van der Waals surface area (Å²) in [6.45, 7) is 4.86. The van der Waals surface area contributed by atoms with Crippen LogP contribution in [0.3, 0.4) is 0 Å². The summed E-state index contributed by atoms with van der Waals surface area (Å²) in [5.74, 6) is 0.0281. The Balaban J connectivity index is 1.64. The number of halogens is 1. The molecular formula is C22H23ClN4O4S. The van der Waals surface area contributed by atoms with E-state index in [4.69, 9.17) is 16.3 Å². The minimum Gasteiger partial charge on any atom is -0.379 e. The van der Waals surface area contributed by atoms with Gasteiger partial charge in [-0.05, 0) is 49.7 Å². The number of carbonyl (C=O) groups excluding carboxylic acids is 1. The summed E-state index contributed by atoms with van der Waals surface area (Å²) in [5.41, 5.74) is 2.34. The van der Waals surface area contributed by atoms with E-state index in [-0.39, 0.29) is 23.5 Å². The second-order valence-electron chi connectivity index (χ2n) is 7.51. The summed E-state index contributed by atoms with van der Waals surface area (Å²) in [4.78, 5) is 13.2. The maximum Gasteiger partial charge on any atom is 0.257 e. The number of rotatable bonds is 5. The Labute approximate surface area is 191 Å². The van der Waals surface area contributed by atoms with Crippen LogP contribution in [0.2, 0.25) is 5.02 Å². The van der Waals surface area contributed by atoms with Crippen molar-refractivity contribution in [2.45, 2.75) is 18.7 Å². The zero-order valence-corrected chi connectivity index (χ0v) is 19.3. The minimum atomic E-state index is -3.72. The number of benzene rings is 2. The van der Waals surface area contributed by atoms with Gasteiger partial charge < -0.3 is 10.1 Å². The van der Waals surface area contributed by atoms with Crippen molar-refractivity contribution in [3.63, 3.8) is 0 Å². The molecule has 10 heteroatoms. The summed E-state index contributed by atoms with van der Waals surface area (Å²) >= 11 is 6.10. The Morgan fingerprint density at radius 1 is 1.09 bits per heavy atom. The highest BCUT2D eigenvalue weighted by Crippen LogP contribution is 2.24. The molecule has 1 aliphatic rings. The molecule has 2 heterocycles. The molecule has 4 rings (SSSR count). The maximum atomic E-state index is 13.1. The highest BCUT2D eigenvalue weighted by molar-refractivity contribution is 7.89. The first-order chi connectivity index (χ1) is 15.3. The van der Waals surface area contributed by atoms with Gasteiger partial charge >= 0.3 is 0 Å². The smallest absolute Gasteiger partial charge is 0.257 e. The van der Waals surface area contributed by atoms with E-state index < -0.39 is 15.9 Å². The van der Waals surface area contributed by atoms with Crippen molar-refractivity contribution in [1.29, 1.82) is 0 Å². The van der Waals surface area contributed by atoms with Gasteiger partial charge in [0.1, 0.15) is 5.82 Å². The van der Waals surface area contributed by atoms with Gasteiger partial charge in [0.2, 0.25) is 10.0 Å². The lowest BCUT2D eigenvalue weighted by Gasteiger charge is -2.26. The number of carbonyl (C=O) groups is 1. The number of anilines is 1. The van der Waals surface area contributed by atoms with Crippen LogP contribution in [-0.4, -0.2) is 54.7 Å². The third kappa shape index (κ3) is 4.56. The molecule has 168 valence electrons. The minimum absolute atomic E-state index is 0.0784. The summed E-state index contributed by atoms with van der Waals surface area (Å²) < 4.78 is 34.2. The molecule has 2 aromatic carbocycles. The standard InChI is InChI=1S/C22H23ClN4O4S/c1-15-6-7-19(32(29,30)26-8-10-31-11-9-26)14-20(15)22(28)24-21-12-16(2)25-27(21)18-5-3-4-17(23)13-18/h3-7,12-14H,8-11H2,1-2H3,(H,24,28). The van der Waals surface area contributed by atoms with Crippen LogP contribution < -0.4 is 5.32 Å². The second-order valence-corrected chi connectivity index (χ2v) is 9.88. The van der Waals surface area contributed by atoms with Crippen LogP contribution in [0.25, 0.3) is 5.69 Å². The van der Waals surface area contributed by atoms with E-state index in [1.165, 1.54) is 16.4 Å². The van der Waals surface area contributed by atoms with Crippen molar-refractivity contribution >= 4 is 33.3 Å². The van der Waals surface area contributed by atoms with Gasteiger partial charge in [-0.15, -0.1) is 0 Å². The van der Waals surface area contributed by atoms with Gasteiger partial charge in [0.25, 0.3) is 5.91 Å². The normalized spacial score (nSPS) is 15.0. The number of nitrogens with one attached hydrogen (secondary N) is 1. The molecule has 1 aliphatic heterocycles. The van der Waals surface area contributed by atoms with Crippen LogP contribution in [0.15, 0.2) is 53.4 Å². The molecule has 1 N–H and O–H groups in total. The zero-order chi connectivity index (χ0) is 22.9. The lowest BCUT2D eigenvalue weighted by Crippen LogP contribution is -2.40. The number of ether oxygens (including phenoxy) is 1. The highest BCUT2D eigenvalue weighted by Gasteiger charge is 2.27. The van der Waals surface area contributed by atoms with Crippen molar-refractivity contribution in [3.8, 4) is 5.69 Å². The molecule has 32 heavy (non-hydrogen) atoms. The molecular weight excluding hydrogens is 452 g/mol. The second kappa shape index (κ2) is 9.03. The van der Waals surface area contributed by atoms with Gasteiger partial charge in [-0.1, -0.05) is 23.7 Å². The molecule has 1 aromatic heterocycles. The summed E-state index contributed by atoms with van der Waals surface area (Å²) in [6, 6.07) is 13.4. The van der Waals surface area contributed by atoms with E-state index in [0.29, 0.717) is 41.0 Å². The number of hydrogen-bond acceptors (Lipinski definition) is 5. The third-order valence-electron chi connectivity index (χ3n) is 5.19. The predicted molar refractivity (Wildman–Crippen MR) is 122 cm³/mol. The summed E-state index contributed by atoms with van der Waals surface area (Å²) in [6.07, 6.45) is 0. The first-order valence-corrected chi connectivity index (χ1v) is 11.9. The Bertz CT molecular complexity index is 1270. The van der Waals surface area contributed by atoms with Crippen LogP contribution >= 0.6 is 11.6 Å².